The van der Waals surface area contributed by atoms with Gasteiger partial charge in [-0.15, -0.1) is 0 Å². The molecule has 2 N–H and O–H groups in total. The molecule has 10 heterocycles. The first-order valence-corrected chi connectivity index (χ1v) is 20.1. The lowest BCUT2D eigenvalue weighted by atomic mass is 9.81. The molecule has 10 saturated heterocycles. The van der Waals surface area contributed by atoms with Crippen LogP contribution in [0, 0.1) is 11.8 Å². The second-order valence-corrected chi connectivity index (χ2v) is 17.4. The molecule has 0 aromatic rings. The summed E-state index contributed by atoms with van der Waals surface area (Å²) in [5.74, 6) is -0.709. The summed E-state index contributed by atoms with van der Waals surface area (Å²) in [7, 11) is 1.63. The first-order chi connectivity index (χ1) is 25.1. The van der Waals surface area contributed by atoms with Gasteiger partial charge in [-0.2, -0.15) is 0 Å². The van der Waals surface area contributed by atoms with E-state index in [-0.39, 0.29) is 123 Å². The van der Waals surface area contributed by atoms with Crippen molar-refractivity contribution in [3.63, 3.8) is 0 Å². The molecule has 290 valence electrons. The molecule has 19 atom stereocenters. The zero-order chi connectivity index (χ0) is 35.9. The summed E-state index contributed by atoms with van der Waals surface area (Å²) < 4.78 is 59.8. The maximum absolute atomic E-state index is 14.0. The van der Waals surface area contributed by atoms with E-state index < -0.39 is 24.1 Å². The molecule has 1 spiro atoms. The van der Waals surface area contributed by atoms with E-state index in [2.05, 4.69) is 20.1 Å². The van der Waals surface area contributed by atoms with Crippen molar-refractivity contribution in [2.24, 2.45) is 11.8 Å². The molecular weight excluding hydrogens is 672 g/mol. The number of ether oxygens (including phenoxy) is 9. The molecule has 0 saturated carbocycles. The van der Waals surface area contributed by atoms with Gasteiger partial charge < -0.3 is 52.8 Å². The van der Waals surface area contributed by atoms with Gasteiger partial charge in [-0.1, -0.05) is 20.1 Å². The summed E-state index contributed by atoms with van der Waals surface area (Å²) in [6.45, 7) is 10.7. The Balaban J connectivity index is 0.994. The third-order valence-electron chi connectivity index (χ3n) is 13.9. The third kappa shape index (κ3) is 6.59. The van der Waals surface area contributed by atoms with Gasteiger partial charge in [-0.05, 0) is 62.0 Å². The number of aliphatic hydroxyl groups excluding tert-OH is 2. The van der Waals surface area contributed by atoms with Gasteiger partial charge in [0, 0.05) is 51.6 Å². The number of methoxy groups -OCH3 is 1. The summed E-state index contributed by atoms with van der Waals surface area (Å²) in [4.78, 5) is 14.0. The Kier molecular flexibility index (Phi) is 10.0. The molecule has 13 unspecified atom stereocenters. The second-order valence-electron chi connectivity index (χ2n) is 17.4. The average Bonchev–Trinajstić information content (AvgIpc) is 3.79. The Morgan fingerprint density at radius 1 is 0.788 bits per heavy atom. The lowest BCUT2D eigenvalue weighted by Gasteiger charge is -2.47. The van der Waals surface area contributed by atoms with Crippen LogP contribution in [0.1, 0.15) is 90.4 Å². The molecule has 10 aliphatic heterocycles. The first kappa shape index (κ1) is 36.4. The smallest absolute Gasteiger partial charge is 0.172 e. The highest BCUT2D eigenvalue weighted by molar-refractivity contribution is 5.79. The van der Waals surface area contributed by atoms with Crippen molar-refractivity contribution in [2.75, 3.05) is 13.7 Å². The third-order valence-corrected chi connectivity index (χ3v) is 13.9. The van der Waals surface area contributed by atoms with Crippen LogP contribution in [-0.2, 0) is 47.4 Å². The summed E-state index contributed by atoms with van der Waals surface area (Å²) in [5, 5.41) is 20.1. The zero-order valence-electron chi connectivity index (χ0n) is 30.7. The highest BCUT2D eigenvalue weighted by atomic mass is 16.8. The van der Waals surface area contributed by atoms with Crippen molar-refractivity contribution in [3.05, 3.63) is 24.3 Å². The zero-order valence-corrected chi connectivity index (χ0v) is 30.7. The molecule has 12 heteroatoms. The van der Waals surface area contributed by atoms with Crippen molar-refractivity contribution in [3.8, 4) is 0 Å². The minimum atomic E-state index is -0.951. The first-order valence-electron chi connectivity index (χ1n) is 20.1. The lowest BCUT2D eigenvalue weighted by molar-refractivity contribution is -0.292. The Morgan fingerprint density at radius 3 is 2.37 bits per heavy atom. The van der Waals surface area contributed by atoms with Crippen LogP contribution >= 0.6 is 0 Å². The highest BCUT2D eigenvalue weighted by Crippen LogP contribution is 2.54. The molecule has 12 nitrogen and oxygen atoms in total. The van der Waals surface area contributed by atoms with Gasteiger partial charge in [-0.3, -0.25) is 4.79 Å². The summed E-state index contributed by atoms with van der Waals surface area (Å²) in [6.07, 6.45) is 4.01. The quantitative estimate of drug-likeness (QED) is 0.410. The summed E-state index contributed by atoms with van der Waals surface area (Å²) >= 11 is 0. The Bertz CT molecular complexity index is 1370. The standard InChI is InChI=1S/C40H58O12/c1-19-11-24-5-7-28-20(2)12-26(45-28)9-10-40-17-33-36(51-40)37-38(50-33)39(52-40)35-29(49-37)8-6-25(47-35)13-22(42)14-27-31(16-30(46-24)21(19)3)48-32(34(27)44-4)15-23(43)18-41/h19,23-39,41,43H,2-3,5-18H2,1,4H3/t19-,23?,24+,25?,26?,27?,28+,29?,30-,31+,32-,33?,34?,35?,36?,37?,38?,39?,40?/m1/s1. The van der Waals surface area contributed by atoms with E-state index in [9.17, 15) is 15.0 Å². The number of hydrogen-bond acceptors (Lipinski definition) is 12. The van der Waals surface area contributed by atoms with E-state index in [0.717, 1.165) is 49.7 Å². The van der Waals surface area contributed by atoms with Crippen molar-refractivity contribution < 1.29 is 57.6 Å². The fourth-order valence-electron chi connectivity index (χ4n) is 11.3. The molecule has 0 aromatic carbocycles. The van der Waals surface area contributed by atoms with Gasteiger partial charge >= 0.3 is 0 Å². The van der Waals surface area contributed by atoms with Crippen LogP contribution in [0.2, 0.25) is 0 Å². The van der Waals surface area contributed by atoms with Crippen LogP contribution < -0.4 is 0 Å². The minimum absolute atomic E-state index is 0.0260. The van der Waals surface area contributed by atoms with E-state index in [1.165, 1.54) is 0 Å². The van der Waals surface area contributed by atoms with Crippen LogP contribution in [0.4, 0.5) is 0 Å². The predicted molar refractivity (Wildman–Crippen MR) is 184 cm³/mol. The van der Waals surface area contributed by atoms with E-state index in [1.807, 2.05) is 0 Å². The Hall–Kier alpha value is -1.29. The van der Waals surface area contributed by atoms with E-state index in [1.54, 1.807) is 7.11 Å². The molecular formula is C40H58O12. The van der Waals surface area contributed by atoms with Crippen LogP contribution in [0.3, 0.4) is 0 Å². The lowest BCUT2D eigenvalue weighted by Crippen LogP contribution is -2.61. The minimum Gasteiger partial charge on any atom is -0.394 e. The molecule has 0 amide bonds. The summed E-state index contributed by atoms with van der Waals surface area (Å²) in [6, 6.07) is 0. The molecule has 52 heavy (non-hydrogen) atoms. The van der Waals surface area contributed by atoms with E-state index in [0.29, 0.717) is 25.7 Å². The van der Waals surface area contributed by atoms with Crippen LogP contribution in [0.5, 0.6) is 0 Å². The van der Waals surface area contributed by atoms with E-state index >= 15 is 0 Å². The number of carbonyl (C=O) groups excluding carboxylic acids is 1. The molecule has 0 aliphatic carbocycles. The van der Waals surface area contributed by atoms with Crippen LogP contribution in [0.25, 0.3) is 0 Å². The molecule has 10 rings (SSSR count). The largest absolute Gasteiger partial charge is 0.394 e. The number of ketones is 1. The number of carbonyl (C=O) groups is 1. The van der Waals surface area contributed by atoms with Gasteiger partial charge in [-0.25, -0.2) is 0 Å². The Labute approximate surface area is 306 Å². The molecule has 10 aliphatic rings. The molecule has 0 radical (unpaired) electrons. The van der Waals surface area contributed by atoms with Gasteiger partial charge in [0.2, 0.25) is 0 Å². The normalized spacial score (nSPS) is 52.4. The van der Waals surface area contributed by atoms with Crippen molar-refractivity contribution in [2.45, 2.75) is 194 Å². The van der Waals surface area contributed by atoms with Gasteiger partial charge in [0.15, 0.2) is 5.79 Å². The van der Waals surface area contributed by atoms with Crippen molar-refractivity contribution in [1.82, 2.24) is 0 Å². The molecule has 10 fully saturated rings. The van der Waals surface area contributed by atoms with Gasteiger partial charge in [0.1, 0.15) is 36.3 Å². The number of fused-ring (bicyclic) bond motifs is 6. The number of hydrogen-bond donors (Lipinski definition) is 2. The van der Waals surface area contributed by atoms with Gasteiger partial charge in [0.05, 0.1) is 73.8 Å². The van der Waals surface area contributed by atoms with Crippen LogP contribution in [-0.4, -0.2) is 133 Å². The highest BCUT2D eigenvalue weighted by Gasteiger charge is 2.68. The topological polar surface area (TPSA) is 141 Å². The van der Waals surface area contributed by atoms with Crippen LogP contribution in [0.15, 0.2) is 24.3 Å². The monoisotopic (exact) mass is 730 g/mol. The average molecular weight is 731 g/mol. The molecule has 0 aromatic heterocycles. The molecule has 12 bridgehead atoms. The second kappa shape index (κ2) is 14.3. The van der Waals surface area contributed by atoms with Crippen molar-refractivity contribution in [1.29, 1.82) is 0 Å². The van der Waals surface area contributed by atoms with E-state index in [4.69, 9.17) is 42.6 Å². The maximum Gasteiger partial charge on any atom is 0.172 e. The number of aliphatic hydroxyl groups is 2. The fraction of sp³-hybridized carbons (Fsp3) is 0.875. The summed E-state index contributed by atoms with van der Waals surface area (Å²) in [5.41, 5.74) is 2.17. The number of rotatable bonds is 4. The maximum atomic E-state index is 14.0. The van der Waals surface area contributed by atoms with Gasteiger partial charge in [0.25, 0.3) is 0 Å². The Morgan fingerprint density at radius 2 is 1.54 bits per heavy atom. The van der Waals surface area contributed by atoms with Crippen molar-refractivity contribution >= 4 is 5.78 Å². The predicted octanol–water partition coefficient (Wildman–Crippen LogP) is 3.47. The fourth-order valence-corrected chi connectivity index (χ4v) is 11.3. The SMILES string of the molecule is C=C1CC2CCC34CC5OC6C(OC7CCC(CC(=O)CC8C(OC)[C@@H](CC(O)CO)O[C@H]8C[C@H]8O[C@@H](CC[C@@H]1O2)C[C@@H](C)C8=C)OC7C6O3)C5O4. The number of Topliss-reactive ketones (excluding diaryl/α,β-unsaturated/α-hetero) is 1.